The number of benzene rings is 2. The van der Waals surface area contributed by atoms with Crippen molar-refractivity contribution in [2.75, 3.05) is 13.1 Å². The summed E-state index contributed by atoms with van der Waals surface area (Å²) < 4.78 is 0. The second kappa shape index (κ2) is 3.89. The van der Waals surface area contributed by atoms with Gasteiger partial charge in [0, 0.05) is 26.2 Å². The first-order valence-electron chi connectivity index (χ1n) is 5.80. The van der Waals surface area contributed by atoms with Crippen molar-refractivity contribution in [1.29, 1.82) is 0 Å². The van der Waals surface area contributed by atoms with Gasteiger partial charge < -0.3 is 5.73 Å². The van der Waals surface area contributed by atoms with Gasteiger partial charge in [0.1, 0.15) is 0 Å². The van der Waals surface area contributed by atoms with Gasteiger partial charge in [-0.25, -0.2) is 0 Å². The molecule has 2 aromatic carbocycles. The van der Waals surface area contributed by atoms with E-state index in [1.807, 2.05) is 0 Å². The fraction of sp³-hybridized carbons (Fsp3) is 0.286. The molecule has 0 aliphatic carbocycles. The average Bonchev–Trinajstić information content (AvgIpc) is 2.30. The SMILES string of the molecule is NCCN1Cc2cccc3cccc(c23)C1. The highest BCUT2D eigenvalue weighted by atomic mass is 15.1. The van der Waals surface area contributed by atoms with Gasteiger partial charge in [0.25, 0.3) is 0 Å². The highest BCUT2D eigenvalue weighted by molar-refractivity contribution is 5.89. The molecule has 0 bridgehead atoms. The lowest BCUT2D eigenvalue weighted by atomic mass is 9.95. The van der Waals surface area contributed by atoms with Gasteiger partial charge in [-0.1, -0.05) is 36.4 Å². The number of rotatable bonds is 2. The molecule has 3 rings (SSSR count). The number of nitrogens with zero attached hydrogens (tertiary/aromatic N) is 1. The van der Waals surface area contributed by atoms with E-state index in [-0.39, 0.29) is 0 Å². The molecule has 1 heterocycles. The van der Waals surface area contributed by atoms with E-state index in [1.54, 1.807) is 0 Å². The van der Waals surface area contributed by atoms with Crippen LogP contribution in [0.2, 0.25) is 0 Å². The molecule has 0 radical (unpaired) electrons. The zero-order valence-electron chi connectivity index (χ0n) is 9.32. The minimum absolute atomic E-state index is 0.734. The van der Waals surface area contributed by atoms with E-state index in [9.17, 15) is 0 Å². The van der Waals surface area contributed by atoms with Crippen molar-refractivity contribution in [2.45, 2.75) is 13.1 Å². The molecule has 1 aliphatic rings. The zero-order valence-corrected chi connectivity index (χ0v) is 9.32. The van der Waals surface area contributed by atoms with E-state index in [0.717, 1.165) is 26.2 Å². The first kappa shape index (κ1) is 9.82. The topological polar surface area (TPSA) is 29.3 Å². The van der Waals surface area contributed by atoms with Gasteiger partial charge in [-0.15, -0.1) is 0 Å². The maximum Gasteiger partial charge on any atom is 0.0244 e. The summed E-state index contributed by atoms with van der Waals surface area (Å²) in [7, 11) is 0. The van der Waals surface area contributed by atoms with Crippen LogP contribution >= 0.6 is 0 Å². The van der Waals surface area contributed by atoms with E-state index in [4.69, 9.17) is 5.73 Å². The highest BCUT2D eigenvalue weighted by Gasteiger charge is 2.16. The molecule has 1 aliphatic heterocycles. The Balaban J connectivity index is 2.12. The van der Waals surface area contributed by atoms with Gasteiger partial charge in [-0.05, 0) is 21.9 Å². The second-order valence-corrected chi connectivity index (χ2v) is 4.43. The minimum Gasteiger partial charge on any atom is -0.329 e. The maximum atomic E-state index is 5.64. The summed E-state index contributed by atoms with van der Waals surface area (Å²) in [5, 5.41) is 2.82. The third-order valence-electron chi connectivity index (χ3n) is 3.31. The van der Waals surface area contributed by atoms with Crippen LogP contribution in [0.25, 0.3) is 10.8 Å². The Morgan fingerprint density at radius 3 is 2.19 bits per heavy atom. The van der Waals surface area contributed by atoms with Crippen LogP contribution in [0.5, 0.6) is 0 Å². The fourth-order valence-corrected chi connectivity index (χ4v) is 2.64. The van der Waals surface area contributed by atoms with E-state index >= 15 is 0 Å². The third-order valence-corrected chi connectivity index (χ3v) is 3.31. The van der Waals surface area contributed by atoms with Gasteiger partial charge in [0.2, 0.25) is 0 Å². The first-order chi connectivity index (χ1) is 7.88. The van der Waals surface area contributed by atoms with E-state index < -0.39 is 0 Å². The number of nitrogens with two attached hydrogens (primary N) is 1. The summed E-state index contributed by atoms with van der Waals surface area (Å²) in [6.07, 6.45) is 0. The molecular weight excluding hydrogens is 196 g/mol. The van der Waals surface area contributed by atoms with Crippen molar-refractivity contribution in [3.05, 3.63) is 47.5 Å². The largest absolute Gasteiger partial charge is 0.329 e. The molecule has 2 nitrogen and oxygen atoms in total. The van der Waals surface area contributed by atoms with Crippen molar-refractivity contribution >= 4 is 10.8 Å². The Bertz CT molecular complexity index is 478. The Hall–Kier alpha value is -1.38. The van der Waals surface area contributed by atoms with Crippen LogP contribution in [0.1, 0.15) is 11.1 Å². The Morgan fingerprint density at radius 1 is 1.00 bits per heavy atom. The van der Waals surface area contributed by atoms with Crippen LogP contribution in [0.4, 0.5) is 0 Å². The molecule has 16 heavy (non-hydrogen) atoms. The summed E-state index contributed by atoms with van der Waals surface area (Å²) in [6, 6.07) is 13.1. The minimum atomic E-state index is 0.734. The van der Waals surface area contributed by atoms with Crippen LogP contribution in [0.15, 0.2) is 36.4 Å². The van der Waals surface area contributed by atoms with Crippen LogP contribution in [0.3, 0.4) is 0 Å². The van der Waals surface area contributed by atoms with E-state index in [1.165, 1.54) is 21.9 Å². The van der Waals surface area contributed by atoms with Crippen LogP contribution in [0, 0.1) is 0 Å². The molecule has 82 valence electrons. The van der Waals surface area contributed by atoms with Crippen molar-refractivity contribution < 1.29 is 0 Å². The number of hydrogen-bond acceptors (Lipinski definition) is 2. The Morgan fingerprint density at radius 2 is 1.62 bits per heavy atom. The average molecular weight is 212 g/mol. The molecule has 2 N–H and O–H groups in total. The zero-order chi connectivity index (χ0) is 11.0. The molecular formula is C14H16N2. The van der Waals surface area contributed by atoms with Gasteiger partial charge in [0.05, 0.1) is 0 Å². The molecule has 0 aromatic heterocycles. The molecule has 0 spiro atoms. The molecule has 2 aromatic rings. The smallest absolute Gasteiger partial charge is 0.0244 e. The van der Waals surface area contributed by atoms with Gasteiger partial charge in [0.15, 0.2) is 0 Å². The van der Waals surface area contributed by atoms with Crippen molar-refractivity contribution in [3.8, 4) is 0 Å². The molecule has 0 unspecified atom stereocenters. The molecule has 0 atom stereocenters. The Kier molecular flexibility index (Phi) is 2.39. The molecule has 0 amide bonds. The fourth-order valence-electron chi connectivity index (χ4n) is 2.64. The van der Waals surface area contributed by atoms with E-state index in [0.29, 0.717) is 0 Å². The van der Waals surface area contributed by atoms with Crippen molar-refractivity contribution in [1.82, 2.24) is 4.90 Å². The van der Waals surface area contributed by atoms with Crippen LogP contribution in [-0.4, -0.2) is 18.0 Å². The van der Waals surface area contributed by atoms with Gasteiger partial charge in [-0.3, -0.25) is 4.90 Å². The molecule has 0 fully saturated rings. The summed E-state index contributed by atoms with van der Waals surface area (Å²) >= 11 is 0. The van der Waals surface area contributed by atoms with Gasteiger partial charge in [-0.2, -0.15) is 0 Å². The monoisotopic (exact) mass is 212 g/mol. The first-order valence-corrected chi connectivity index (χ1v) is 5.80. The maximum absolute atomic E-state index is 5.64. The Labute approximate surface area is 95.7 Å². The van der Waals surface area contributed by atoms with Crippen LogP contribution in [-0.2, 0) is 13.1 Å². The molecule has 0 saturated heterocycles. The lowest BCUT2D eigenvalue weighted by molar-refractivity contribution is 0.260. The van der Waals surface area contributed by atoms with E-state index in [2.05, 4.69) is 41.3 Å². The summed E-state index contributed by atoms with van der Waals surface area (Å²) in [6.45, 7) is 3.78. The normalized spacial score (nSPS) is 15.6. The molecule has 2 heteroatoms. The standard InChI is InChI=1S/C14H16N2/c15-7-8-16-9-12-5-1-3-11-4-2-6-13(10-16)14(11)12/h1-6H,7-10,15H2. The van der Waals surface area contributed by atoms with Crippen LogP contribution < -0.4 is 5.73 Å². The molecule has 0 saturated carbocycles. The third kappa shape index (κ3) is 1.51. The summed E-state index contributed by atoms with van der Waals surface area (Å²) in [4.78, 5) is 2.41. The highest BCUT2D eigenvalue weighted by Crippen LogP contribution is 2.29. The van der Waals surface area contributed by atoms with Gasteiger partial charge >= 0.3 is 0 Å². The number of hydrogen-bond donors (Lipinski definition) is 1. The predicted octanol–water partition coefficient (Wildman–Crippen LogP) is 2.11. The second-order valence-electron chi connectivity index (χ2n) is 4.43. The predicted molar refractivity (Wildman–Crippen MR) is 67.1 cm³/mol. The lowest BCUT2D eigenvalue weighted by Crippen LogP contribution is -2.31. The summed E-state index contributed by atoms with van der Waals surface area (Å²) in [5.41, 5.74) is 8.51. The van der Waals surface area contributed by atoms with Crippen molar-refractivity contribution in [3.63, 3.8) is 0 Å². The quantitative estimate of drug-likeness (QED) is 0.826. The summed E-state index contributed by atoms with van der Waals surface area (Å²) in [5.74, 6) is 0. The van der Waals surface area contributed by atoms with Crippen molar-refractivity contribution in [2.24, 2.45) is 5.73 Å². The lowest BCUT2D eigenvalue weighted by Gasteiger charge is -2.28.